The first-order valence-electron chi connectivity index (χ1n) is 3.97. The van der Waals surface area contributed by atoms with Gasteiger partial charge in [-0.05, 0) is 19.4 Å². The van der Waals surface area contributed by atoms with Gasteiger partial charge in [-0.25, -0.2) is 0 Å². The summed E-state index contributed by atoms with van der Waals surface area (Å²) >= 11 is 0. The van der Waals surface area contributed by atoms with Gasteiger partial charge in [-0.3, -0.25) is 5.84 Å². The molecular weight excluding hydrogens is 140 g/mol. The Labute approximate surface area is 67.0 Å². The summed E-state index contributed by atoms with van der Waals surface area (Å²) in [4.78, 5) is 0. The Balaban J connectivity index is 2.38. The lowest BCUT2D eigenvalue weighted by Gasteiger charge is -2.22. The lowest BCUT2D eigenvalue weighted by Crippen LogP contribution is -2.33. The molecule has 0 bridgehead atoms. The molecule has 6 N–H and O–H groups in total. The van der Waals surface area contributed by atoms with E-state index >= 15 is 0 Å². The maximum Gasteiger partial charge on any atom is 0.0314 e. The van der Waals surface area contributed by atoms with Gasteiger partial charge in [0.25, 0.3) is 0 Å². The molecule has 0 aliphatic carbocycles. The van der Waals surface area contributed by atoms with Crippen molar-refractivity contribution in [3.05, 3.63) is 11.9 Å². The van der Waals surface area contributed by atoms with Gasteiger partial charge in [-0.15, -0.1) is 0 Å². The molecular formula is C7H16N4. The monoisotopic (exact) mass is 156 g/mol. The average Bonchev–Trinajstić information content (AvgIpc) is 2.07. The molecule has 0 spiro atoms. The normalized spacial score (nSPS) is 26.6. The molecule has 1 aliphatic heterocycles. The van der Waals surface area contributed by atoms with E-state index in [0.717, 1.165) is 25.2 Å². The molecule has 0 aromatic heterocycles. The van der Waals surface area contributed by atoms with E-state index in [2.05, 4.69) is 10.7 Å². The van der Waals surface area contributed by atoms with Crippen molar-refractivity contribution >= 4 is 0 Å². The topological polar surface area (TPSA) is 76.1 Å². The predicted molar refractivity (Wildman–Crippen MR) is 45.2 cm³/mol. The van der Waals surface area contributed by atoms with Crippen molar-refractivity contribution in [3.8, 4) is 0 Å². The highest BCUT2D eigenvalue weighted by Crippen LogP contribution is 2.14. The molecule has 1 fully saturated rings. The molecule has 1 unspecified atom stereocenters. The van der Waals surface area contributed by atoms with Crippen molar-refractivity contribution in [2.75, 3.05) is 13.1 Å². The van der Waals surface area contributed by atoms with Crippen LogP contribution in [0.1, 0.15) is 12.8 Å². The van der Waals surface area contributed by atoms with Gasteiger partial charge in [0.2, 0.25) is 0 Å². The number of rotatable bonds is 2. The highest BCUT2D eigenvalue weighted by atomic mass is 15.2. The summed E-state index contributed by atoms with van der Waals surface area (Å²) in [6.07, 6.45) is 4.03. The van der Waals surface area contributed by atoms with Gasteiger partial charge in [0, 0.05) is 24.4 Å². The van der Waals surface area contributed by atoms with Crippen LogP contribution < -0.4 is 22.3 Å². The Morgan fingerprint density at radius 2 is 2.45 bits per heavy atom. The second-order valence-electron chi connectivity index (χ2n) is 2.85. The Kier molecular flexibility index (Phi) is 3.19. The molecule has 4 heteroatoms. The minimum absolute atomic E-state index is 0.458. The van der Waals surface area contributed by atoms with E-state index in [4.69, 9.17) is 11.6 Å². The molecule has 0 aromatic rings. The fourth-order valence-corrected chi connectivity index (χ4v) is 1.35. The van der Waals surface area contributed by atoms with Crippen LogP contribution >= 0.6 is 0 Å². The first-order valence-corrected chi connectivity index (χ1v) is 3.97. The highest BCUT2D eigenvalue weighted by Gasteiger charge is 2.14. The number of hydrazine groups is 1. The van der Waals surface area contributed by atoms with Crippen molar-refractivity contribution in [2.24, 2.45) is 17.5 Å². The van der Waals surface area contributed by atoms with Crippen LogP contribution in [0.4, 0.5) is 0 Å². The molecule has 0 radical (unpaired) electrons. The quantitative estimate of drug-likeness (QED) is 0.313. The Hall–Kier alpha value is -0.740. The van der Waals surface area contributed by atoms with Crippen LogP contribution in [-0.2, 0) is 0 Å². The summed E-state index contributed by atoms with van der Waals surface area (Å²) < 4.78 is 0. The van der Waals surface area contributed by atoms with E-state index in [1.165, 1.54) is 6.42 Å². The van der Waals surface area contributed by atoms with Crippen molar-refractivity contribution in [1.82, 2.24) is 10.7 Å². The van der Waals surface area contributed by atoms with E-state index in [0.29, 0.717) is 5.92 Å². The van der Waals surface area contributed by atoms with E-state index in [9.17, 15) is 0 Å². The summed E-state index contributed by atoms with van der Waals surface area (Å²) in [6, 6.07) is 0. The smallest absolute Gasteiger partial charge is 0.0314 e. The van der Waals surface area contributed by atoms with Crippen LogP contribution in [0.2, 0.25) is 0 Å². The van der Waals surface area contributed by atoms with E-state index < -0.39 is 0 Å². The molecule has 0 amide bonds. The van der Waals surface area contributed by atoms with Crippen molar-refractivity contribution in [1.29, 1.82) is 0 Å². The highest BCUT2D eigenvalue weighted by molar-refractivity contribution is 5.02. The van der Waals surface area contributed by atoms with E-state index in [1.807, 2.05) is 0 Å². The Morgan fingerprint density at radius 3 is 3.00 bits per heavy atom. The maximum atomic E-state index is 5.74. The van der Waals surface area contributed by atoms with Crippen molar-refractivity contribution in [3.63, 3.8) is 0 Å². The Morgan fingerprint density at radius 1 is 1.64 bits per heavy atom. The number of nitrogens with two attached hydrogens (primary N) is 2. The van der Waals surface area contributed by atoms with E-state index in [1.54, 1.807) is 6.20 Å². The van der Waals surface area contributed by atoms with Gasteiger partial charge in [0.15, 0.2) is 0 Å². The molecule has 1 heterocycles. The fraction of sp³-hybridized carbons (Fsp3) is 0.714. The molecule has 1 atom stereocenters. The van der Waals surface area contributed by atoms with Crippen LogP contribution in [0.15, 0.2) is 11.9 Å². The first-order chi connectivity index (χ1) is 5.34. The molecule has 1 aliphatic rings. The fourth-order valence-electron chi connectivity index (χ4n) is 1.35. The molecule has 64 valence electrons. The second-order valence-corrected chi connectivity index (χ2v) is 2.85. The summed E-state index contributed by atoms with van der Waals surface area (Å²) in [6.45, 7) is 2.09. The molecule has 0 aromatic carbocycles. The summed E-state index contributed by atoms with van der Waals surface area (Å²) in [5.41, 5.74) is 9.03. The standard InChI is InChI=1S/C7H16N4/c8-7(5-11-9)6-2-1-3-10-4-6/h5-6,10-11H,1-4,8-9H2/b7-5-. The van der Waals surface area contributed by atoms with Gasteiger partial charge < -0.3 is 16.5 Å². The minimum atomic E-state index is 0.458. The summed E-state index contributed by atoms with van der Waals surface area (Å²) in [5.74, 6) is 5.57. The van der Waals surface area contributed by atoms with Crippen molar-refractivity contribution < 1.29 is 0 Å². The van der Waals surface area contributed by atoms with E-state index in [-0.39, 0.29) is 0 Å². The minimum Gasteiger partial charge on any atom is -0.401 e. The van der Waals surface area contributed by atoms with Crippen molar-refractivity contribution in [2.45, 2.75) is 12.8 Å². The Bertz CT molecular complexity index is 137. The SMILES string of the molecule is NN/C=C(\N)C1CCCNC1. The number of hydrogen-bond acceptors (Lipinski definition) is 4. The lowest BCUT2D eigenvalue weighted by atomic mass is 9.97. The van der Waals surface area contributed by atoms with Crippen LogP contribution in [0, 0.1) is 5.92 Å². The molecule has 4 nitrogen and oxygen atoms in total. The lowest BCUT2D eigenvalue weighted by molar-refractivity contribution is 0.418. The third-order valence-electron chi connectivity index (χ3n) is 2.02. The van der Waals surface area contributed by atoms with Gasteiger partial charge in [-0.1, -0.05) is 0 Å². The van der Waals surface area contributed by atoms with Gasteiger partial charge in [0.05, 0.1) is 0 Å². The van der Waals surface area contributed by atoms with Crippen LogP contribution in [0.25, 0.3) is 0 Å². The number of piperidine rings is 1. The zero-order valence-corrected chi connectivity index (χ0v) is 6.64. The van der Waals surface area contributed by atoms with Crippen LogP contribution in [-0.4, -0.2) is 13.1 Å². The van der Waals surface area contributed by atoms with Gasteiger partial charge in [0.1, 0.15) is 0 Å². The third-order valence-corrected chi connectivity index (χ3v) is 2.02. The maximum absolute atomic E-state index is 5.74. The molecule has 1 rings (SSSR count). The first kappa shape index (κ1) is 8.36. The van der Waals surface area contributed by atoms with Crippen LogP contribution in [0.5, 0.6) is 0 Å². The zero-order valence-electron chi connectivity index (χ0n) is 6.64. The number of nitrogens with one attached hydrogen (secondary N) is 2. The summed E-state index contributed by atoms with van der Waals surface area (Å²) in [5, 5.41) is 3.28. The molecule has 11 heavy (non-hydrogen) atoms. The summed E-state index contributed by atoms with van der Waals surface area (Å²) in [7, 11) is 0. The molecule has 0 saturated carbocycles. The largest absolute Gasteiger partial charge is 0.401 e. The second kappa shape index (κ2) is 4.20. The van der Waals surface area contributed by atoms with Gasteiger partial charge >= 0.3 is 0 Å². The van der Waals surface area contributed by atoms with Crippen LogP contribution in [0.3, 0.4) is 0 Å². The van der Waals surface area contributed by atoms with Gasteiger partial charge in [-0.2, -0.15) is 0 Å². The zero-order chi connectivity index (χ0) is 8.10. The molecule has 1 saturated heterocycles. The number of hydrogen-bond donors (Lipinski definition) is 4. The average molecular weight is 156 g/mol. The predicted octanol–water partition coefficient (Wildman–Crippen LogP) is -0.751. The third kappa shape index (κ3) is 2.40.